The zero-order chi connectivity index (χ0) is 21.4. The maximum atomic E-state index is 11.8. The van der Waals surface area contributed by atoms with E-state index in [1.165, 1.54) is 28.7 Å². The van der Waals surface area contributed by atoms with Gasteiger partial charge in [0.15, 0.2) is 0 Å². The fourth-order valence-corrected chi connectivity index (χ4v) is 4.52. The Morgan fingerprint density at radius 1 is 1.07 bits per heavy atom. The molecule has 154 valence electrons. The number of hydrogen-bond acceptors (Lipinski definition) is 2. The van der Waals surface area contributed by atoms with Gasteiger partial charge in [-0.3, -0.25) is 0 Å². The number of rotatable bonds is 4. The van der Waals surface area contributed by atoms with Crippen molar-refractivity contribution in [1.82, 2.24) is 0 Å². The predicted octanol–water partition coefficient (Wildman–Crippen LogP) is 6.94. The van der Waals surface area contributed by atoms with Crippen LogP contribution >= 0.6 is 0 Å². The van der Waals surface area contributed by atoms with Crippen LogP contribution in [0.2, 0.25) is 0 Å². The smallest absolute Gasteiger partial charge is 0.338 e. The summed E-state index contributed by atoms with van der Waals surface area (Å²) in [5.41, 5.74) is 7.58. The summed E-state index contributed by atoms with van der Waals surface area (Å²) in [6.07, 6.45) is 5.51. The Bertz CT molecular complexity index is 930. The number of fused-ring (bicyclic) bond motifs is 1. The van der Waals surface area contributed by atoms with Gasteiger partial charge in [0.2, 0.25) is 0 Å². The van der Waals surface area contributed by atoms with Crippen LogP contribution in [0.25, 0.3) is 12.2 Å². The lowest BCUT2D eigenvalue weighted by Gasteiger charge is -2.47. The minimum absolute atomic E-state index is 0.182. The molecule has 2 nitrogen and oxygen atoms in total. The molecular formula is C27H34O2. The van der Waals surface area contributed by atoms with E-state index in [1.807, 2.05) is 31.2 Å². The van der Waals surface area contributed by atoms with Crippen molar-refractivity contribution in [1.29, 1.82) is 0 Å². The van der Waals surface area contributed by atoms with Crippen LogP contribution in [-0.2, 0) is 15.6 Å². The van der Waals surface area contributed by atoms with Crippen LogP contribution in [0.4, 0.5) is 0 Å². The van der Waals surface area contributed by atoms with Gasteiger partial charge >= 0.3 is 5.97 Å². The van der Waals surface area contributed by atoms with Crippen LogP contribution in [0.15, 0.2) is 36.4 Å². The SMILES string of the molecule is CCOC(=O)c1ccc(/C=C/c2cc3c(cc2C)C(C)(C)C(C)CC3(C)C)cc1. The van der Waals surface area contributed by atoms with Crippen LogP contribution in [0.5, 0.6) is 0 Å². The highest BCUT2D eigenvalue weighted by molar-refractivity contribution is 5.89. The lowest BCUT2D eigenvalue weighted by atomic mass is 9.58. The van der Waals surface area contributed by atoms with Crippen LogP contribution in [0.3, 0.4) is 0 Å². The minimum Gasteiger partial charge on any atom is -0.462 e. The molecule has 0 heterocycles. The molecule has 0 spiro atoms. The Labute approximate surface area is 176 Å². The Morgan fingerprint density at radius 2 is 1.72 bits per heavy atom. The predicted molar refractivity (Wildman–Crippen MR) is 122 cm³/mol. The van der Waals surface area contributed by atoms with Gasteiger partial charge in [0.1, 0.15) is 0 Å². The second-order valence-corrected chi connectivity index (χ2v) is 9.64. The molecule has 2 aromatic rings. The Balaban J connectivity index is 1.92. The summed E-state index contributed by atoms with van der Waals surface area (Å²) in [6, 6.07) is 12.4. The van der Waals surface area contributed by atoms with E-state index in [0.29, 0.717) is 18.1 Å². The first kappa shape index (κ1) is 21.4. The number of carbonyl (C=O) groups is 1. The fraction of sp³-hybridized carbons (Fsp3) is 0.444. The van der Waals surface area contributed by atoms with Gasteiger partial charge in [-0.1, -0.05) is 71.0 Å². The van der Waals surface area contributed by atoms with Gasteiger partial charge < -0.3 is 4.74 Å². The van der Waals surface area contributed by atoms with E-state index in [0.717, 1.165) is 5.56 Å². The average molecular weight is 391 g/mol. The van der Waals surface area contributed by atoms with E-state index >= 15 is 0 Å². The third-order valence-electron chi connectivity index (χ3n) is 6.76. The Kier molecular flexibility index (Phi) is 5.76. The van der Waals surface area contributed by atoms with Crippen molar-refractivity contribution in [2.24, 2.45) is 5.92 Å². The van der Waals surface area contributed by atoms with Crippen molar-refractivity contribution in [3.63, 3.8) is 0 Å². The second kappa shape index (κ2) is 7.82. The number of ether oxygens (including phenoxy) is 1. The van der Waals surface area contributed by atoms with Crippen LogP contribution in [0.1, 0.15) is 86.1 Å². The summed E-state index contributed by atoms with van der Waals surface area (Å²) in [4.78, 5) is 11.8. The first-order chi connectivity index (χ1) is 13.6. The lowest BCUT2D eigenvalue weighted by molar-refractivity contribution is 0.0526. The topological polar surface area (TPSA) is 26.3 Å². The van der Waals surface area contributed by atoms with E-state index in [1.54, 1.807) is 0 Å². The van der Waals surface area contributed by atoms with Crippen molar-refractivity contribution in [2.45, 2.75) is 65.7 Å². The van der Waals surface area contributed by atoms with Crippen LogP contribution in [0, 0.1) is 12.8 Å². The first-order valence-corrected chi connectivity index (χ1v) is 10.7. The number of aryl methyl sites for hydroxylation is 1. The van der Waals surface area contributed by atoms with Gasteiger partial charge in [-0.05, 0) is 77.0 Å². The molecule has 2 heteroatoms. The molecule has 0 saturated heterocycles. The van der Waals surface area contributed by atoms with Crippen molar-refractivity contribution in [2.75, 3.05) is 6.61 Å². The van der Waals surface area contributed by atoms with Gasteiger partial charge in [-0.15, -0.1) is 0 Å². The summed E-state index contributed by atoms with van der Waals surface area (Å²) < 4.78 is 5.05. The summed E-state index contributed by atoms with van der Waals surface area (Å²) >= 11 is 0. The summed E-state index contributed by atoms with van der Waals surface area (Å²) in [7, 11) is 0. The monoisotopic (exact) mass is 390 g/mol. The zero-order valence-electron chi connectivity index (χ0n) is 18.9. The van der Waals surface area contributed by atoms with Crippen LogP contribution in [-0.4, -0.2) is 12.6 Å². The van der Waals surface area contributed by atoms with Crippen molar-refractivity contribution >= 4 is 18.1 Å². The molecule has 3 rings (SSSR count). The highest BCUT2D eigenvalue weighted by Gasteiger charge is 2.42. The third kappa shape index (κ3) is 4.17. The number of esters is 1. The number of carbonyl (C=O) groups excluding carboxylic acids is 1. The van der Waals surface area contributed by atoms with Gasteiger partial charge in [0.05, 0.1) is 12.2 Å². The van der Waals surface area contributed by atoms with Crippen LogP contribution < -0.4 is 0 Å². The molecule has 2 aromatic carbocycles. The molecule has 29 heavy (non-hydrogen) atoms. The highest BCUT2D eigenvalue weighted by Crippen LogP contribution is 2.49. The lowest BCUT2D eigenvalue weighted by Crippen LogP contribution is -2.40. The molecule has 0 N–H and O–H groups in total. The molecule has 0 saturated carbocycles. The molecule has 1 aliphatic rings. The van der Waals surface area contributed by atoms with Gasteiger partial charge in [-0.25, -0.2) is 4.79 Å². The standard InChI is InChI=1S/C27H34O2/c1-8-29-25(28)21-12-9-20(10-13-21)11-14-22-16-23-24(15-18(22)2)27(6,7)19(3)17-26(23,4)5/h9-16,19H,8,17H2,1-7H3/b14-11+. The summed E-state index contributed by atoms with van der Waals surface area (Å²) in [5.74, 6) is 0.386. The van der Waals surface area contributed by atoms with E-state index in [4.69, 9.17) is 4.74 Å². The zero-order valence-corrected chi connectivity index (χ0v) is 18.9. The average Bonchev–Trinajstić information content (AvgIpc) is 2.66. The quantitative estimate of drug-likeness (QED) is 0.417. The van der Waals surface area contributed by atoms with Crippen molar-refractivity contribution in [3.8, 4) is 0 Å². The van der Waals surface area contributed by atoms with Crippen molar-refractivity contribution < 1.29 is 9.53 Å². The Hall–Kier alpha value is -2.35. The number of benzene rings is 2. The van der Waals surface area contributed by atoms with Crippen molar-refractivity contribution in [3.05, 3.63) is 69.8 Å². The fourth-order valence-electron chi connectivity index (χ4n) is 4.52. The molecule has 0 fully saturated rings. The summed E-state index contributed by atoms with van der Waals surface area (Å²) in [5, 5.41) is 0. The highest BCUT2D eigenvalue weighted by atomic mass is 16.5. The molecule has 0 amide bonds. The Morgan fingerprint density at radius 3 is 2.34 bits per heavy atom. The van der Waals surface area contributed by atoms with Gasteiger partial charge in [0.25, 0.3) is 0 Å². The molecule has 1 aliphatic carbocycles. The molecule has 0 aromatic heterocycles. The molecule has 1 atom stereocenters. The normalized spacial score (nSPS) is 19.8. The molecule has 0 aliphatic heterocycles. The van der Waals surface area contributed by atoms with E-state index in [9.17, 15) is 4.79 Å². The molecule has 0 bridgehead atoms. The molecule has 1 unspecified atom stereocenters. The van der Waals surface area contributed by atoms with E-state index < -0.39 is 0 Å². The van der Waals surface area contributed by atoms with Gasteiger partial charge in [0, 0.05) is 0 Å². The third-order valence-corrected chi connectivity index (χ3v) is 6.76. The molecular weight excluding hydrogens is 356 g/mol. The molecule has 0 radical (unpaired) electrons. The van der Waals surface area contributed by atoms with E-state index in [-0.39, 0.29) is 16.8 Å². The van der Waals surface area contributed by atoms with E-state index in [2.05, 4.69) is 65.8 Å². The maximum Gasteiger partial charge on any atom is 0.338 e. The second-order valence-electron chi connectivity index (χ2n) is 9.64. The largest absolute Gasteiger partial charge is 0.462 e. The van der Waals surface area contributed by atoms with Gasteiger partial charge in [-0.2, -0.15) is 0 Å². The first-order valence-electron chi connectivity index (χ1n) is 10.7. The minimum atomic E-state index is -0.271. The summed E-state index contributed by atoms with van der Waals surface area (Å²) in [6.45, 7) is 16.3. The maximum absolute atomic E-state index is 11.8. The number of hydrogen-bond donors (Lipinski definition) is 0.